The number of esters is 1. The number of sulfonamides is 1. The predicted molar refractivity (Wildman–Crippen MR) is 104 cm³/mol. The lowest BCUT2D eigenvalue weighted by atomic mass is 9.97. The minimum absolute atomic E-state index is 0.0238. The molecule has 0 aliphatic carbocycles. The van der Waals surface area contributed by atoms with E-state index in [4.69, 9.17) is 9.57 Å². The van der Waals surface area contributed by atoms with Crippen LogP contribution in [0.4, 0.5) is 0 Å². The van der Waals surface area contributed by atoms with Crippen molar-refractivity contribution in [2.24, 2.45) is 0 Å². The molecule has 0 radical (unpaired) electrons. The summed E-state index contributed by atoms with van der Waals surface area (Å²) in [4.78, 5) is 29.4. The number of aryl methyl sites for hydroxylation is 3. The highest BCUT2D eigenvalue weighted by molar-refractivity contribution is 7.89. The van der Waals surface area contributed by atoms with Gasteiger partial charge in [0.1, 0.15) is 0 Å². The standard InChI is InChI=1S/C20H23NO6S/c1-13-9-14(2)19(15(3)10-13)18(22)12-27-20(23)16-7-6-8-17(11-16)28(24,25)21(4)26-5/h6-11H,12H2,1-5H3. The molecule has 2 rings (SSSR count). The number of Topliss-reactive ketones (excluding diaryl/α,β-unsaturated/α-hetero) is 1. The second kappa shape index (κ2) is 8.64. The summed E-state index contributed by atoms with van der Waals surface area (Å²) in [5, 5.41) is 0. The number of hydroxylamine groups is 1. The summed E-state index contributed by atoms with van der Waals surface area (Å²) in [6.07, 6.45) is 0. The molecule has 0 aliphatic rings. The van der Waals surface area contributed by atoms with E-state index in [9.17, 15) is 18.0 Å². The van der Waals surface area contributed by atoms with Gasteiger partial charge < -0.3 is 4.74 Å². The van der Waals surface area contributed by atoms with Crippen LogP contribution in [0.15, 0.2) is 41.3 Å². The third-order valence-electron chi connectivity index (χ3n) is 4.25. The first-order valence-corrected chi connectivity index (χ1v) is 9.93. The molecule has 150 valence electrons. The third-order valence-corrected chi connectivity index (χ3v) is 5.93. The van der Waals surface area contributed by atoms with Crippen LogP contribution < -0.4 is 0 Å². The van der Waals surface area contributed by atoms with Gasteiger partial charge in [0, 0.05) is 12.6 Å². The van der Waals surface area contributed by atoms with Crippen molar-refractivity contribution in [2.75, 3.05) is 20.8 Å². The Balaban J connectivity index is 2.16. The van der Waals surface area contributed by atoms with Gasteiger partial charge in [-0.05, 0) is 50.1 Å². The minimum Gasteiger partial charge on any atom is -0.454 e. The van der Waals surface area contributed by atoms with Crippen LogP contribution in [0.2, 0.25) is 0 Å². The van der Waals surface area contributed by atoms with Gasteiger partial charge in [0.2, 0.25) is 5.78 Å². The van der Waals surface area contributed by atoms with Crippen LogP contribution in [-0.4, -0.2) is 45.4 Å². The van der Waals surface area contributed by atoms with E-state index >= 15 is 0 Å². The maximum Gasteiger partial charge on any atom is 0.338 e. The fraction of sp³-hybridized carbons (Fsp3) is 0.300. The number of hydrogen-bond donors (Lipinski definition) is 0. The monoisotopic (exact) mass is 405 g/mol. The molecule has 0 bridgehead atoms. The average molecular weight is 405 g/mol. The maximum absolute atomic E-state index is 12.5. The van der Waals surface area contributed by atoms with E-state index in [0.717, 1.165) is 16.7 Å². The van der Waals surface area contributed by atoms with Crippen LogP contribution in [0.3, 0.4) is 0 Å². The molecule has 0 saturated carbocycles. The van der Waals surface area contributed by atoms with E-state index in [1.807, 2.05) is 32.9 Å². The first-order chi connectivity index (χ1) is 13.1. The smallest absolute Gasteiger partial charge is 0.338 e. The number of hydrogen-bond acceptors (Lipinski definition) is 6. The molecule has 0 heterocycles. The van der Waals surface area contributed by atoms with Crippen molar-refractivity contribution >= 4 is 21.8 Å². The molecule has 0 aliphatic heterocycles. The van der Waals surface area contributed by atoms with Crippen LogP contribution in [-0.2, 0) is 19.6 Å². The van der Waals surface area contributed by atoms with Crippen LogP contribution in [0.5, 0.6) is 0 Å². The quantitative estimate of drug-likeness (QED) is 0.400. The predicted octanol–water partition coefficient (Wildman–Crippen LogP) is 2.83. The van der Waals surface area contributed by atoms with Gasteiger partial charge in [0.25, 0.3) is 10.0 Å². The van der Waals surface area contributed by atoms with Gasteiger partial charge in [-0.15, -0.1) is 0 Å². The second-order valence-corrected chi connectivity index (χ2v) is 8.33. The molecule has 0 atom stereocenters. The fourth-order valence-corrected chi connectivity index (χ4v) is 3.96. The van der Waals surface area contributed by atoms with Gasteiger partial charge in [-0.2, -0.15) is 0 Å². The summed E-state index contributed by atoms with van der Waals surface area (Å²) in [7, 11) is -1.44. The molecule has 0 N–H and O–H groups in total. The number of ketones is 1. The first kappa shape index (κ1) is 21.7. The van der Waals surface area contributed by atoms with Gasteiger partial charge in [0.05, 0.1) is 17.6 Å². The van der Waals surface area contributed by atoms with Crippen molar-refractivity contribution in [3.8, 4) is 0 Å². The minimum atomic E-state index is -3.90. The zero-order valence-electron chi connectivity index (χ0n) is 16.5. The lowest BCUT2D eigenvalue weighted by Gasteiger charge is -2.14. The topological polar surface area (TPSA) is 90.0 Å². The molecule has 2 aromatic carbocycles. The average Bonchev–Trinajstić information content (AvgIpc) is 2.64. The molecule has 0 aromatic heterocycles. The summed E-state index contributed by atoms with van der Waals surface area (Å²) in [6.45, 7) is 5.17. The zero-order valence-corrected chi connectivity index (χ0v) is 17.3. The van der Waals surface area contributed by atoms with Crippen molar-refractivity contribution < 1.29 is 27.6 Å². The molecule has 0 fully saturated rings. The molecule has 28 heavy (non-hydrogen) atoms. The molecular formula is C20H23NO6S. The zero-order chi connectivity index (χ0) is 21.1. The summed E-state index contributed by atoms with van der Waals surface area (Å²) in [5.74, 6) is -1.10. The van der Waals surface area contributed by atoms with Crippen LogP contribution >= 0.6 is 0 Å². The van der Waals surface area contributed by atoms with Crippen molar-refractivity contribution in [1.82, 2.24) is 4.47 Å². The van der Waals surface area contributed by atoms with Gasteiger partial charge in [-0.1, -0.05) is 28.2 Å². The molecule has 0 amide bonds. The van der Waals surface area contributed by atoms with Crippen LogP contribution in [0.25, 0.3) is 0 Å². The molecule has 7 nitrogen and oxygen atoms in total. The number of benzene rings is 2. The van der Waals surface area contributed by atoms with Crippen LogP contribution in [0, 0.1) is 20.8 Å². The summed E-state index contributed by atoms with van der Waals surface area (Å²) in [6, 6.07) is 9.14. The highest BCUT2D eigenvalue weighted by atomic mass is 32.2. The number of nitrogens with zero attached hydrogens (tertiary/aromatic N) is 1. The lowest BCUT2D eigenvalue weighted by Crippen LogP contribution is -2.26. The van der Waals surface area contributed by atoms with Crippen molar-refractivity contribution in [3.63, 3.8) is 0 Å². The van der Waals surface area contributed by atoms with Gasteiger partial charge in [0.15, 0.2) is 6.61 Å². The van der Waals surface area contributed by atoms with Gasteiger partial charge in [-0.25, -0.2) is 13.2 Å². The van der Waals surface area contributed by atoms with E-state index in [1.165, 1.54) is 38.4 Å². The molecule has 8 heteroatoms. The van der Waals surface area contributed by atoms with E-state index in [-0.39, 0.29) is 16.2 Å². The molecule has 2 aromatic rings. The summed E-state index contributed by atoms with van der Waals surface area (Å²) >= 11 is 0. The number of carbonyl (C=O) groups excluding carboxylic acids is 2. The summed E-state index contributed by atoms with van der Waals surface area (Å²) < 4.78 is 30.4. The van der Waals surface area contributed by atoms with Crippen molar-refractivity contribution in [3.05, 3.63) is 64.2 Å². The van der Waals surface area contributed by atoms with Crippen molar-refractivity contribution in [2.45, 2.75) is 25.7 Å². The number of ether oxygens (including phenoxy) is 1. The van der Waals surface area contributed by atoms with Gasteiger partial charge in [-0.3, -0.25) is 9.63 Å². The Labute approximate surface area is 164 Å². The van der Waals surface area contributed by atoms with E-state index in [0.29, 0.717) is 10.0 Å². The Morgan fingerprint density at radius 1 is 1.04 bits per heavy atom. The Morgan fingerprint density at radius 2 is 1.64 bits per heavy atom. The Hall–Kier alpha value is -2.55. The van der Waals surface area contributed by atoms with Gasteiger partial charge >= 0.3 is 5.97 Å². The molecule has 0 spiro atoms. The van der Waals surface area contributed by atoms with Crippen molar-refractivity contribution in [1.29, 1.82) is 0 Å². The largest absolute Gasteiger partial charge is 0.454 e. The molecular weight excluding hydrogens is 382 g/mol. The highest BCUT2D eigenvalue weighted by Gasteiger charge is 2.23. The van der Waals surface area contributed by atoms with E-state index in [2.05, 4.69) is 0 Å². The Kier molecular flexibility index (Phi) is 6.71. The Morgan fingerprint density at radius 3 is 2.21 bits per heavy atom. The lowest BCUT2D eigenvalue weighted by molar-refractivity contribution is -0.0258. The number of carbonyl (C=O) groups is 2. The molecule has 0 unspecified atom stereocenters. The Bertz CT molecular complexity index is 990. The normalized spacial score (nSPS) is 11.5. The second-order valence-electron chi connectivity index (χ2n) is 6.40. The van der Waals surface area contributed by atoms with E-state index < -0.39 is 22.6 Å². The van der Waals surface area contributed by atoms with Crippen LogP contribution in [0.1, 0.15) is 37.4 Å². The highest BCUT2D eigenvalue weighted by Crippen LogP contribution is 2.19. The SMILES string of the molecule is CON(C)S(=O)(=O)c1cccc(C(=O)OCC(=O)c2c(C)cc(C)cc2C)c1. The number of rotatable bonds is 7. The molecule has 0 saturated heterocycles. The first-order valence-electron chi connectivity index (χ1n) is 8.49. The third kappa shape index (κ3) is 4.64. The maximum atomic E-state index is 12.5. The fourth-order valence-electron chi connectivity index (χ4n) is 2.94. The summed E-state index contributed by atoms with van der Waals surface area (Å²) in [5.41, 5.74) is 3.22. The van der Waals surface area contributed by atoms with E-state index in [1.54, 1.807) is 0 Å².